The summed E-state index contributed by atoms with van der Waals surface area (Å²) in [6, 6.07) is 12.2. The second-order valence-corrected chi connectivity index (χ2v) is 5.67. The normalized spacial score (nSPS) is 12.8. The summed E-state index contributed by atoms with van der Waals surface area (Å²) in [6.07, 6.45) is 0. The molecule has 0 spiro atoms. The van der Waals surface area contributed by atoms with E-state index >= 15 is 0 Å². The maximum absolute atomic E-state index is 12.1. The predicted octanol–water partition coefficient (Wildman–Crippen LogP) is 2.46. The van der Waals surface area contributed by atoms with Crippen LogP contribution in [0.2, 0.25) is 0 Å². The molecule has 0 unspecified atom stereocenters. The molecule has 2 amide bonds. The number of hydrogen-bond donors (Lipinski definition) is 1. The highest BCUT2D eigenvalue weighted by Crippen LogP contribution is 2.33. The number of benzene rings is 2. The third kappa shape index (κ3) is 4.05. The largest absolute Gasteiger partial charge is 0.494 e. The minimum atomic E-state index is -0.293. The Balaban J connectivity index is 1.56. The van der Waals surface area contributed by atoms with Gasteiger partial charge in [-0.15, -0.1) is 0 Å². The highest BCUT2D eigenvalue weighted by molar-refractivity contribution is 5.98. The lowest BCUT2D eigenvalue weighted by molar-refractivity contribution is -0.121. The third-order valence-electron chi connectivity index (χ3n) is 3.83. The average molecular weight is 356 g/mol. The minimum absolute atomic E-state index is 0.0122. The molecule has 7 heteroatoms. The van der Waals surface area contributed by atoms with Crippen LogP contribution in [0.3, 0.4) is 0 Å². The number of carbonyl (C=O) groups excluding carboxylic acids is 2. The van der Waals surface area contributed by atoms with Gasteiger partial charge in [0.25, 0.3) is 11.8 Å². The van der Waals surface area contributed by atoms with Crippen LogP contribution in [0.1, 0.15) is 6.92 Å². The molecule has 0 atom stereocenters. The molecule has 0 saturated heterocycles. The van der Waals surface area contributed by atoms with E-state index in [-0.39, 0.29) is 25.0 Å². The third-order valence-corrected chi connectivity index (χ3v) is 3.83. The molecule has 7 nitrogen and oxygen atoms in total. The van der Waals surface area contributed by atoms with Crippen LogP contribution in [0.5, 0.6) is 17.2 Å². The van der Waals surface area contributed by atoms with Gasteiger partial charge < -0.3 is 24.4 Å². The molecule has 1 aliphatic rings. The molecule has 3 rings (SSSR count). The summed E-state index contributed by atoms with van der Waals surface area (Å²) in [4.78, 5) is 25.2. The molecular formula is C19H20N2O5. The molecule has 1 N–H and O–H groups in total. The Labute approximate surface area is 151 Å². The Morgan fingerprint density at radius 1 is 1.15 bits per heavy atom. The van der Waals surface area contributed by atoms with Crippen molar-refractivity contribution < 1.29 is 23.8 Å². The van der Waals surface area contributed by atoms with Crippen molar-refractivity contribution in [2.75, 3.05) is 37.1 Å². The van der Waals surface area contributed by atoms with E-state index in [1.54, 1.807) is 49.5 Å². The van der Waals surface area contributed by atoms with Gasteiger partial charge in [0, 0.05) is 18.8 Å². The van der Waals surface area contributed by atoms with Gasteiger partial charge in [0.2, 0.25) is 0 Å². The maximum atomic E-state index is 12.1. The monoisotopic (exact) mass is 356 g/mol. The van der Waals surface area contributed by atoms with Crippen molar-refractivity contribution >= 4 is 23.2 Å². The van der Waals surface area contributed by atoms with Crippen molar-refractivity contribution in [3.63, 3.8) is 0 Å². The fourth-order valence-corrected chi connectivity index (χ4v) is 2.50. The van der Waals surface area contributed by atoms with Crippen molar-refractivity contribution in [1.29, 1.82) is 0 Å². The summed E-state index contributed by atoms with van der Waals surface area (Å²) in [5.74, 6) is 1.48. The molecule has 1 aliphatic heterocycles. The number of anilines is 2. The first-order valence-electron chi connectivity index (χ1n) is 8.25. The van der Waals surface area contributed by atoms with Gasteiger partial charge in [0.15, 0.2) is 13.2 Å². The van der Waals surface area contributed by atoms with Crippen LogP contribution in [0.15, 0.2) is 42.5 Å². The number of nitrogens with one attached hydrogen (secondary N) is 1. The van der Waals surface area contributed by atoms with Crippen LogP contribution in [-0.4, -0.2) is 38.7 Å². The summed E-state index contributed by atoms with van der Waals surface area (Å²) in [5, 5.41) is 2.75. The quantitative estimate of drug-likeness (QED) is 0.860. The summed E-state index contributed by atoms with van der Waals surface area (Å²) < 4.78 is 16.2. The molecular weight excluding hydrogens is 336 g/mol. The molecule has 0 bridgehead atoms. The van der Waals surface area contributed by atoms with Crippen molar-refractivity contribution in [2.45, 2.75) is 6.92 Å². The van der Waals surface area contributed by atoms with E-state index in [1.165, 1.54) is 4.90 Å². The molecule has 0 fully saturated rings. The van der Waals surface area contributed by atoms with Gasteiger partial charge in [-0.05, 0) is 43.3 Å². The molecule has 136 valence electrons. The zero-order chi connectivity index (χ0) is 18.5. The van der Waals surface area contributed by atoms with Crippen LogP contribution in [-0.2, 0) is 9.59 Å². The van der Waals surface area contributed by atoms with Gasteiger partial charge in [-0.25, -0.2) is 0 Å². The number of likely N-dealkylation sites (N-methyl/N-ethyl adjacent to an activating group) is 1. The van der Waals surface area contributed by atoms with E-state index in [4.69, 9.17) is 14.2 Å². The van der Waals surface area contributed by atoms with E-state index in [9.17, 15) is 9.59 Å². The van der Waals surface area contributed by atoms with Gasteiger partial charge in [0.05, 0.1) is 12.3 Å². The topological polar surface area (TPSA) is 77.1 Å². The molecule has 0 aliphatic carbocycles. The van der Waals surface area contributed by atoms with Crippen LogP contribution in [0.25, 0.3) is 0 Å². The van der Waals surface area contributed by atoms with E-state index < -0.39 is 0 Å². The van der Waals surface area contributed by atoms with Crippen molar-refractivity contribution in [3.8, 4) is 17.2 Å². The Morgan fingerprint density at radius 3 is 2.54 bits per heavy atom. The minimum Gasteiger partial charge on any atom is -0.494 e. The first-order valence-corrected chi connectivity index (χ1v) is 8.25. The van der Waals surface area contributed by atoms with E-state index in [1.807, 2.05) is 6.92 Å². The first kappa shape index (κ1) is 17.6. The Bertz CT molecular complexity index is 804. The summed E-state index contributed by atoms with van der Waals surface area (Å²) >= 11 is 0. The SMILES string of the molecule is CCOc1ccc(OCC(=O)Nc2ccc3c(c2)OCC(=O)N3C)cc1. The van der Waals surface area contributed by atoms with Crippen molar-refractivity contribution in [1.82, 2.24) is 0 Å². The highest BCUT2D eigenvalue weighted by atomic mass is 16.5. The van der Waals surface area contributed by atoms with E-state index in [0.29, 0.717) is 29.5 Å². The van der Waals surface area contributed by atoms with Gasteiger partial charge in [0.1, 0.15) is 17.2 Å². The number of ether oxygens (including phenoxy) is 3. The van der Waals surface area contributed by atoms with Crippen LogP contribution in [0, 0.1) is 0 Å². The fraction of sp³-hybridized carbons (Fsp3) is 0.263. The second-order valence-electron chi connectivity index (χ2n) is 5.67. The first-order chi connectivity index (χ1) is 12.6. The van der Waals surface area contributed by atoms with E-state index in [2.05, 4.69) is 5.32 Å². The van der Waals surface area contributed by atoms with Crippen molar-refractivity contribution in [2.24, 2.45) is 0 Å². The summed E-state index contributed by atoms with van der Waals surface area (Å²) in [5.41, 5.74) is 1.25. The van der Waals surface area contributed by atoms with Crippen molar-refractivity contribution in [3.05, 3.63) is 42.5 Å². The maximum Gasteiger partial charge on any atom is 0.264 e. The zero-order valence-corrected chi connectivity index (χ0v) is 14.7. The van der Waals surface area contributed by atoms with Gasteiger partial charge in [-0.2, -0.15) is 0 Å². The smallest absolute Gasteiger partial charge is 0.264 e. The lowest BCUT2D eigenvalue weighted by Crippen LogP contribution is -2.35. The molecule has 0 aromatic heterocycles. The number of hydrogen-bond acceptors (Lipinski definition) is 5. The molecule has 26 heavy (non-hydrogen) atoms. The molecule has 1 heterocycles. The Morgan fingerprint density at radius 2 is 1.85 bits per heavy atom. The number of rotatable bonds is 6. The number of amides is 2. The lowest BCUT2D eigenvalue weighted by atomic mass is 10.2. The van der Waals surface area contributed by atoms with Crippen LogP contribution >= 0.6 is 0 Å². The fourth-order valence-electron chi connectivity index (χ4n) is 2.50. The summed E-state index contributed by atoms with van der Waals surface area (Å²) in [6.45, 7) is 2.37. The lowest BCUT2D eigenvalue weighted by Gasteiger charge is -2.26. The number of nitrogens with zero attached hydrogens (tertiary/aromatic N) is 1. The van der Waals surface area contributed by atoms with Crippen LogP contribution < -0.4 is 24.4 Å². The van der Waals surface area contributed by atoms with Gasteiger partial charge in [-0.3, -0.25) is 9.59 Å². The molecule has 2 aromatic carbocycles. The van der Waals surface area contributed by atoms with Gasteiger partial charge >= 0.3 is 0 Å². The molecule has 2 aromatic rings. The Hall–Kier alpha value is -3.22. The Kier molecular flexibility index (Phi) is 5.26. The van der Waals surface area contributed by atoms with Crippen LogP contribution in [0.4, 0.5) is 11.4 Å². The van der Waals surface area contributed by atoms with E-state index in [0.717, 1.165) is 5.75 Å². The zero-order valence-electron chi connectivity index (χ0n) is 14.7. The average Bonchev–Trinajstić information content (AvgIpc) is 2.64. The summed E-state index contributed by atoms with van der Waals surface area (Å²) in [7, 11) is 1.69. The number of carbonyl (C=O) groups is 2. The number of fused-ring (bicyclic) bond motifs is 1. The molecule has 0 radical (unpaired) electrons. The van der Waals surface area contributed by atoms with Gasteiger partial charge in [-0.1, -0.05) is 0 Å². The molecule has 0 saturated carbocycles. The predicted molar refractivity (Wildman–Crippen MR) is 97.1 cm³/mol. The second kappa shape index (κ2) is 7.77. The highest BCUT2D eigenvalue weighted by Gasteiger charge is 2.22. The standard InChI is InChI=1S/C19H20N2O5/c1-3-24-14-5-7-15(8-6-14)25-11-18(22)20-13-4-9-16-17(10-13)26-12-19(23)21(16)2/h4-10H,3,11-12H2,1-2H3,(H,20,22).